The minimum Gasteiger partial charge on any atom is -0.312 e. The largest absolute Gasteiger partial charge is 0.312 e. The molecular formula is C16H23N3. The summed E-state index contributed by atoms with van der Waals surface area (Å²) in [5.74, 6) is 0. The van der Waals surface area contributed by atoms with Crippen LogP contribution in [0.5, 0.6) is 0 Å². The molecule has 2 N–H and O–H groups in total. The van der Waals surface area contributed by atoms with Gasteiger partial charge in [-0.05, 0) is 17.4 Å². The van der Waals surface area contributed by atoms with Gasteiger partial charge in [0.2, 0.25) is 0 Å². The zero-order valence-corrected chi connectivity index (χ0v) is 12.0. The zero-order valence-electron chi connectivity index (χ0n) is 12.0. The Morgan fingerprint density at radius 3 is 2.63 bits per heavy atom. The summed E-state index contributed by atoms with van der Waals surface area (Å²) < 4.78 is 0. The molecule has 0 spiro atoms. The zero-order chi connectivity index (χ0) is 13.7. The first kappa shape index (κ1) is 13.8. The maximum atomic E-state index is 4.17. The first-order valence-electron chi connectivity index (χ1n) is 6.91. The van der Waals surface area contributed by atoms with E-state index in [2.05, 4.69) is 48.4 Å². The van der Waals surface area contributed by atoms with E-state index >= 15 is 0 Å². The molecule has 102 valence electrons. The lowest BCUT2D eigenvalue weighted by molar-refractivity contribution is 0.328. The quantitative estimate of drug-likeness (QED) is 0.830. The predicted octanol–water partition coefficient (Wildman–Crippen LogP) is 3.60. The Morgan fingerprint density at radius 1 is 1.21 bits per heavy atom. The van der Waals surface area contributed by atoms with Crippen LogP contribution in [0.2, 0.25) is 0 Å². The van der Waals surface area contributed by atoms with Crippen molar-refractivity contribution in [2.45, 2.75) is 33.7 Å². The lowest BCUT2D eigenvalue weighted by Crippen LogP contribution is -2.28. The number of hydrogen-bond donors (Lipinski definition) is 2. The van der Waals surface area contributed by atoms with Crippen LogP contribution in [0.25, 0.3) is 11.3 Å². The minimum atomic E-state index is 0.344. The minimum absolute atomic E-state index is 0.344. The number of aromatic nitrogens is 2. The highest BCUT2D eigenvalue weighted by Gasteiger charge is 2.15. The highest BCUT2D eigenvalue weighted by Crippen LogP contribution is 2.21. The third kappa shape index (κ3) is 3.67. The van der Waals surface area contributed by atoms with E-state index in [1.807, 2.05) is 24.4 Å². The van der Waals surface area contributed by atoms with Crippen LogP contribution >= 0.6 is 0 Å². The molecule has 19 heavy (non-hydrogen) atoms. The van der Waals surface area contributed by atoms with Gasteiger partial charge < -0.3 is 5.32 Å². The number of benzene rings is 1. The van der Waals surface area contributed by atoms with E-state index in [1.165, 1.54) is 17.5 Å². The summed E-state index contributed by atoms with van der Waals surface area (Å²) in [4.78, 5) is 0. The summed E-state index contributed by atoms with van der Waals surface area (Å²) in [6, 6.07) is 10.3. The van der Waals surface area contributed by atoms with Crippen LogP contribution in [0.15, 0.2) is 36.5 Å². The van der Waals surface area contributed by atoms with Crippen LogP contribution in [0.4, 0.5) is 0 Å². The molecule has 0 aliphatic heterocycles. The number of aromatic amines is 1. The molecule has 1 aromatic heterocycles. The van der Waals surface area contributed by atoms with Gasteiger partial charge in [-0.2, -0.15) is 5.10 Å². The number of rotatable bonds is 6. The standard InChI is InChI=1S/C16H23N3/c1-4-16(2,3)12-17-10-14-11-18-19-15(14)13-8-6-5-7-9-13/h5-9,11,17H,4,10,12H2,1-3H3,(H,18,19). The van der Waals surface area contributed by atoms with Gasteiger partial charge in [0, 0.05) is 18.7 Å². The molecule has 0 saturated heterocycles. The SMILES string of the molecule is CCC(C)(C)CNCc1cn[nH]c1-c1ccccc1. The van der Waals surface area contributed by atoms with Gasteiger partial charge in [0.15, 0.2) is 0 Å². The van der Waals surface area contributed by atoms with Gasteiger partial charge in [-0.15, -0.1) is 0 Å². The van der Waals surface area contributed by atoms with Crippen LogP contribution in [-0.2, 0) is 6.54 Å². The van der Waals surface area contributed by atoms with Gasteiger partial charge in [-0.25, -0.2) is 0 Å². The molecule has 0 fully saturated rings. The second kappa shape index (κ2) is 6.02. The molecule has 1 heterocycles. The molecule has 0 saturated carbocycles. The Balaban J connectivity index is 2.01. The molecule has 1 aromatic carbocycles. The fourth-order valence-corrected chi connectivity index (χ4v) is 1.96. The van der Waals surface area contributed by atoms with Gasteiger partial charge in [-0.1, -0.05) is 51.1 Å². The van der Waals surface area contributed by atoms with Crippen molar-refractivity contribution in [3.05, 3.63) is 42.1 Å². The van der Waals surface area contributed by atoms with Crippen molar-refractivity contribution in [3.63, 3.8) is 0 Å². The first-order valence-corrected chi connectivity index (χ1v) is 6.91. The molecule has 2 aromatic rings. The summed E-state index contributed by atoms with van der Waals surface area (Å²) in [7, 11) is 0. The highest BCUT2D eigenvalue weighted by molar-refractivity contribution is 5.62. The Labute approximate surface area is 115 Å². The van der Waals surface area contributed by atoms with Crippen LogP contribution in [-0.4, -0.2) is 16.7 Å². The lowest BCUT2D eigenvalue weighted by Gasteiger charge is -2.22. The Kier molecular flexibility index (Phi) is 4.38. The molecular weight excluding hydrogens is 234 g/mol. The van der Waals surface area contributed by atoms with Gasteiger partial charge >= 0.3 is 0 Å². The summed E-state index contributed by atoms with van der Waals surface area (Å²) in [5, 5.41) is 10.8. The van der Waals surface area contributed by atoms with Crippen molar-refractivity contribution in [1.82, 2.24) is 15.5 Å². The maximum absolute atomic E-state index is 4.17. The van der Waals surface area contributed by atoms with Crippen molar-refractivity contribution < 1.29 is 0 Å². The van der Waals surface area contributed by atoms with E-state index in [0.717, 1.165) is 18.8 Å². The highest BCUT2D eigenvalue weighted by atomic mass is 15.1. The maximum Gasteiger partial charge on any atom is 0.0695 e. The summed E-state index contributed by atoms with van der Waals surface area (Å²) in [5.41, 5.74) is 3.86. The van der Waals surface area contributed by atoms with E-state index < -0.39 is 0 Å². The predicted molar refractivity (Wildman–Crippen MR) is 79.8 cm³/mol. The monoisotopic (exact) mass is 257 g/mol. The summed E-state index contributed by atoms with van der Waals surface area (Å²) in [6.07, 6.45) is 3.09. The van der Waals surface area contributed by atoms with E-state index in [4.69, 9.17) is 0 Å². The molecule has 0 aliphatic carbocycles. The number of nitrogens with zero attached hydrogens (tertiary/aromatic N) is 1. The van der Waals surface area contributed by atoms with Gasteiger partial charge in [0.05, 0.1) is 11.9 Å². The third-order valence-electron chi connectivity index (χ3n) is 3.66. The Morgan fingerprint density at radius 2 is 1.95 bits per heavy atom. The average Bonchev–Trinajstić information content (AvgIpc) is 2.88. The van der Waals surface area contributed by atoms with Crippen molar-refractivity contribution in [3.8, 4) is 11.3 Å². The Bertz CT molecular complexity index is 500. The fourth-order valence-electron chi connectivity index (χ4n) is 1.96. The second-order valence-corrected chi connectivity index (χ2v) is 5.76. The second-order valence-electron chi connectivity index (χ2n) is 5.76. The summed E-state index contributed by atoms with van der Waals surface area (Å²) >= 11 is 0. The molecule has 2 rings (SSSR count). The van der Waals surface area contributed by atoms with Gasteiger partial charge in [0.25, 0.3) is 0 Å². The van der Waals surface area contributed by atoms with Crippen molar-refractivity contribution in [1.29, 1.82) is 0 Å². The molecule has 0 bridgehead atoms. The normalized spacial score (nSPS) is 11.7. The van der Waals surface area contributed by atoms with Crippen molar-refractivity contribution in [2.75, 3.05) is 6.54 Å². The molecule has 0 radical (unpaired) electrons. The number of nitrogens with one attached hydrogen (secondary N) is 2. The van der Waals surface area contributed by atoms with Gasteiger partial charge in [0.1, 0.15) is 0 Å². The fraction of sp³-hybridized carbons (Fsp3) is 0.438. The average molecular weight is 257 g/mol. The van der Waals surface area contributed by atoms with Crippen molar-refractivity contribution >= 4 is 0 Å². The molecule has 3 nitrogen and oxygen atoms in total. The van der Waals surface area contributed by atoms with E-state index in [1.54, 1.807) is 0 Å². The number of hydrogen-bond acceptors (Lipinski definition) is 2. The van der Waals surface area contributed by atoms with E-state index in [-0.39, 0.29) is 0 Å². The lowest BCUT2D eigenvalue weighted by atomic mass is 9.90. The van der Waals surface area contributed by atoms with Crippen molar-refractivity contribution in [2.24, 2.45) is 5.41 Å². The molecule has 3 heteroatoms. The number of H-pyrrole nitrogens is 1. The van der Waals surface area contributed by atoms with Crippen LogP contribution in [0.1, 0.15) is 32.8 Å². The van der Waals surface area contributed by atoms with Crippen LogP contribution in [0.3, 0.4) is 0 Å². The van der Waals surface area contributed by atoms with Gasteiger partial charge in [-0.3, -0.25) is 5.10 Å². The van der Waals surface area contributed by atoms with E-state index in [9.17, 15) is 0 Å². The van der Waals surface area contributed by atoms with E-state index in [0.29, 0.717) is 5.41 Å². The smallest absolute Gasteiger partial charge is 0.0695 e. The molecule has 0 atom stereocenters. The summed E-state index contributed by atoms with van der Waals surface area (Å²) in [6.45, 7) is 8.67. The van der Waals surface area contributed by atoms with Crippen LogP contribution < -0.4 is 5.32 Å². The molecule has 0 amide bonds. The Hall–Kier alpha value is -1.61. The topological polar surface area (TPSA) is 40.7 Å². The third-order valence-corrected chi connectivity index (χ3v) is 3.66. The van der Waals surface area contributed by atoms with Crippen LogP contribution in [0, 0.1) is 5.41 Å². The molecule has 0 unspecified atom stereocenters. The molecule has 0 aliphatic rings. The first-order chi connectivity index (χ1) is 9.12.